The minimum atomic E-state index is -0.379. The van der Waals surface area contributed by atoms with E-state index in [1.165, 1.54) is 41.3 Å². The average molecular weight is 300 g/mol. The van der Waals surface area contributed by atoms with Gasteiger partial charge in [-0.05, 0) is 37.0 Å². The highest BCUT2D eigenvalue weighted by molar-refractivity contribution is 7.15. The van der Waals surface area contributed by atoms with Crippen molar-refractivity contribution in [2.45, 2.75) is 44.9 Å². The normalized spacial score (nSPS) is 15.5. The first-order valence-corrected chi connectivity index (χ1v) is 8.40. The van der Waals surface area contributed by atoms with Crippen LogP contribution >= 0.6 is 11.3 Å². The molecule has 21 heavy (non-hydrogen) atoms. The molecule has 4 heteroatoms. The zero-order chi connectivity index (χ0) is 14.8. The van der Waals surface area contributed by atoms with Crippen LogP contribution in [0.3, 0.4) is 0 Å². The number of aryl methyl sites for hydroxylation is 1. The standard InChI is InChI=1S/C17H20N2OS/c1-2-14-19-15(11-5-3-4-6-11)16(21-14)12-7-9-13(10-8-12)17(18)20/h7-11H,2-6H2,1H3,(H2,18,20). The number of carbonyl (C=O) groups is 1. The predicted molar refractivity (Wildman–Crippen MR) is 86.7 cm³/mol. The van der Waals surface area contributed by atoms with Gasteiger partial charge in [-0.2, -0.15) is 0 Å². The van der Waals surface area contributed by atoms with E-state index in [0.717, 1.165) is 12.0 Å². The molecule has 1 fully saturated rings. The quantitative estimate of drug-likeness (QED) is 0.923. The zero-order valence-corrected chi connectivity index (χ0v) is 13.1. The van der Waals surface area contributed by atoms with Crippen LogP contribution < -0.4 is 5.73 Å². The number of nitrogens with two attached hydrogens (primary N) is 1. The molecule has 0 spiro atoms. The molecule has 1 aliphatic rings. The van der Waals surface area contributed by atoms with E-state index in [9.17, 15) is 4.79 Å². The van der Waals surface area contributed by atoms with Crippen molar-refractivity contribution in [1.29, 1.82) is 0 Å². The molecule has 1 aromatic carbocycles. The van der Waals surface area contributed by atoms with E-state index in [1.54, 1.807) is 23.5 Å². The van der Waals surface area contributed by atoms with E-state index < -0.39 is 0 Å². The highest BCUT2D eigenvalue weighted by Gasteiger charge is 2.24. The summed E-state index contributed by atoms with van der Waals surface area (Å²) in [6.45, 7) is 2.15. The topological polar surface area (TPSA) is 56.0 Å². The number of rotatable bonds is 4. The summed E-state index contributed by atoms with van der Waals surface area (Å²) in [5.41, 5.74) is 8.28. The monoisotopic (exact) mass is 300 g/mol. The molecule has 2 N–H and O–H groups in total. The number of amides is 1. The van der Waals surface area contributed by atoms with Crippen LogP contribution in [-0.2, 0) is 6.42 Å². The smallest absolute Gasteiger partial charge is 0.248 e. The second kappa shape index (κ2) is 5.98. The summed E-state index contributed by atoms with van der Waals surface area (Å²) >= 11 is 1.79. The summed E-state index contributed by atoms with van der Waals surface area (Å²) in [5.74, 6) is 0.225. The van der Waals surface area contributed by atoms with Crippen LogP contribution in [0.15, 0.2) is 24.3 Å². The molecule has 0 unspecified atom stereocenters. The molecule has 0 radical (unpaired) electrons. The fourth-order valence-corrected chi connectivity index (χ4v) is 4.09. The first-order chi connectivity index (χ1) is 10.2. The van der Waals surface area contributed by atoms with Crippen LogP contribution in [0.4, 0.5) is 0 Å². The maximum Gasteiger partial charge on any atom is 0.248 e. The number of hydrogen-bond donors (Lipinski definition) is 1. The Morgan fingerprint density at radius 2 is 1.95 bits per heavy atom. The molecule has 3 rings (SSSR count). The summed E-state index contributed by atoms with van der Waals surface area (Å²) < 4.78 is 0. The van der Waals surface area contributed by atoms with Crippen molar-refractivity contribution in [2.75, 3.05) is 0 Å². The van der Waals surface area contributed by atoms with Crippen molar-refractivity contribution in [3.05, 3.63) is 40.5 Å². The van der Waals surface area contributed by atoms with Gasteiger partial charge in [-0.3, -0.25) is 4.79 Å². The third kappa shape index (κ3) is 2.86. The Hall–Kier alpha value is -1.68. The fourth-order valence-electron chi connectivity index (χ4n) is 3.00. The van der Waals surface area contributed by atoms with Gasteiger partial charge in [0.1, 0.15) is 0 Å². The SMILES string of the molecule is CCc1nc(C2CCCC2)c(-c2ccc(C(N)=O)cc2)s1. The number of carbonyl (C=O) groups excluding carboxylic acids is 1. The van der Waals surface area contributed by atoms with Crippen molar-refractivity contribution in [1.82, 2.24) is 4.98 Å². The Kier molecular flexibility index (Phi) is 4.06. The molecule has 1 saturated carbocycles. The Balaban J connectivity index is 1.99. The van der Waals surface area contributed by atoms with Crippen LogP contribution in [0.1, 0.15) is 59.6 Å². The van der Waals surface area contributed by atoms with Crippen LogP contribution in [0.2, 0.25) is 0 Å². The Bertz CT molecular complexity index is 639. The molecule has 1 amide bonds. The van der Waals surface area contributed by atoms with Crippen LogP contribution in [0.5, 0.6) is 0 Å². The highest BCUT2D eigenvalue weighted by Crippen LogP contribution is 2.41. The molecular weight excluding hydrogens is 280 g/mol. The minimum Gasteiger partial charge on any atom is -0.366 e. The largest absolute Gasteiger partial charge is 0.366 e. The lowest BCUT2D eigenvalue weighted by Gasteiger charge is -2.09. The lowest BCUT2D eigenvalue weighted by molar-refractivity contribution is 0.100. The average Bonchev–Trinajstić information content (AvgIpc) is 3.16. The third-order valence-electron chi connectivity index (χ3n) is 4.17. The number of nitrogens with zero attached hydrogens (tertiary/aromatic N) is 1. The van der Waals surface area contributed by atoms with Gasteiger partial charge in [0.25, 0.3) is 0 Å². The molecule has 1 heterocycles. The summed E-state index contributed by atoms with van der Waals surface area (Å²) in [6.07, 6.45) is 6.09. The Morgan fingerprint density at radius 3 is 2.52 bits per heavy atom. The lowest BCUT2D eigenvalue weighted by atomic mass is 9.99. The summed E-state index contributed by atoms with van der Waals surface area (Å²) in [5, 5.41) is 1.20. The number of primary amides is 1. The number of benzene rings is 1. The van der Waals surface area contributed by atoms with Crippen LogP contribution in [0.25, 0.3) is 10.4 Å². The maximum absolute atomic E-state index is 11.2. The van der Waals surface area contributed by atoms with E-state index >= 15 is 0 Å². The minimum absolute atomic E-state index is 0.379. The van der Waals surface area contributed by atoms with Gasteiger partial charge < -0.3 is 5.73 Å². The Labute approximate surface area is 129 Å². The van der Waals surface area contributed by atoms with E-state index in [4.69, 9.17) is 10.7 Å². The van der Waals surface area contributed by atoms with Crippen LogP contribution in [0, 0.1) is 0 Å². The van der Waals surface area contributed by atoms with Crippen molar-refractivity contribution < 1.29 is 4.79 Å². The van der Waals surface area contributed by atoms with E-state index in [0.29, 0.717) is 11.5 Å². The maximum atomic E-state index is 11.2. The molecule has 1 aromatic heterocycles. The highest BCUT2D eigenvalue weighted by atomic mass is 32.1. The van der Waals surface area contributed by atoms with Gasteiger partial charge in [-0.25, -0.2) is 4.98 Å². The van der Waals surface area contributed by atoms with Gasteiger partial charge in [0, 0.05) is 11.5 Å². The molecule has 0 atom stereocenters. The van der Waals surface area contributed by atoms with Gasteiger partial charge in [0.15, 0.2) is 0 Å². The van der Waals surface area contributed by atoms with Gasteiger partial charge in [0.2, 0.25) is 5.91 Å². The van der Waals surface area contributed by atoms with Gasteiger partial charge in [-0.1, -0.05) is 31.9 Å². The van der Waals surface area contributed by atoms with Gasteiger partial charge in [0.05, 0.1) is 15.6 Å². The summed E-state index contributed by atoms with van der Waals surface area (Å²) in [7, 11) is 0. The van der Waals surface area contributed by atoms with Crippen LogP contribution in [-0.4, -0.2) is 10.9 Å². The second-order valence-electron chi connectivity index (χ2n) is 5.60. The van der Waals surface area contributed by atoms with Crippen molar-refractivity contribution in [2.24, 2.45) is 5.73 Å². The van der Waals surface area contributed by atoms with Gasteiger partial charge >= 0.3 is 0 Å². The molecule has 1 aliphatic carbocycles. The van der Waals surface area contributed by atoms with Crippen molar-refractivity contribution in [3.8, 4) is 10.4 Å². The van der Waals surface area contributed by atoms with E-state index in [1.807, 2.05) is 12.1 Å². The number of aromatic nitrogens is 1. The molecule has 3 nitrogen and oxygen atoms in total. The summed E-state index contributed by atoms with van der Waals surface area (Å²) in [6, 6.07) is 7.60. The second-order valence-corrected chi connectivity index (χ2v) is 6.68. The first kappa shape index (κ1) is 14.3. The van der Waals surface area contributed by atoms with Gasteiger partial charge in [-0.15, -0.1) is 11.3 Å². The molecule has 2 aromatic rings. The third-order valence-corrected chi connectivity index (χ3v) is 5.44. The molecule has 0 aliphatic heterocycles. The van der Waals surface area contributed by atoms with E-state index in [2.05, 4.69) is 6.92 Å². The summed E-state index contributed by atoms with van der Waals surface area (Å²) in [4.78, 5) is 17.3. The number of thiazole rings is 1. The number of hydrogen-bond acceptors (Lipinski definition) is 3. The van der Waals surface area contributed by atoms with Crippen molar-refractivity contribution in [3.63, 3.8) is 0 Å². The fraction of sp³-hybridized carbons (Fsp3) is 0.412. The predicted octanol–water partition coefficient (Wildman–Crippen LogP) is 4.13. The molecule has 110 valence electrons. The molecular formula is C17H20N2OS. The molecule has 0 bridgehead atoms. The Morgan fingerprint density at radius 1 is 1.29 bits per heavy atom. The zero-order valence-electron chi connectivity index (χ0n) is 12.3. The van der Waals surface area contributed by atoms with Crippen molar-refractivity contribution >= 4 is 17.2 Å². The van der Waals surface area contributed by atoms with E-state index in [-0.39, 0.29) is 5.91 Å². The molecule has 0 saturated heterocycles. The first-order valence-electron chi connectivity index (χ1n) is 7.59. The lowest BCUT2D eigenvalue weighted by Crippen LogP contribution is -2.10.